The molecule has 0 amide bonds. The molecule has 3 aliphatic carbocycles. The van der Waals surface area contributed by atoms with Crippen LogP contribution in [0.25, 0.3) is 44.2 Å². The van der Waals surface area contributed by atoms with Crippen LogP contribution in [0.3, 0.4) is 0 Å². The lowest BCUT2D eigenvalue weighted by molar-refractivity contribution is 0.660. The second kappa shape index (κ2) is 13.4. The molecule has 12 rings (SSSR count). The van der Waals surface area contributed by atoms with Gasteiger partial charge in [0.2, 0.25) is 0 Å². The Kier molecular flexibility index (Phi) is 8.01. The van der Waals surface area contributed by atoms with E-state index in [4.69, 9.17) is 0 Å². The summed E-state index contributed by atoms with van der Waals surface area (Å²) >= 11 is 0. The van der Waals surface area contributed by atoms with Gasteiger partial charge < -0.3 is 9.80 Å². The maximum atomic E-state index is 2.51. The molecule has 0 aromatic heterocycles. The molecule has 304 valence electrons. The van der Waals surface area contributed by atoms with Gasteiger partial charge in [-0.1, -0.05) is 169 Å². The summed E-state index contributed by atoms with van der Waals surface area (Å²) in [7, 11) is 0. The van der Waals surface area contributed by atoms with Crippen molar-refractivity contribution in [2.45, 2.75) is 57.8 Å². The Bertz CT molecular complexity index is 3320. The molecule has 2 nitrogen and oxygen atoms in total. The molecule has 0 fully saturated rings. The lowest BCUT2D eigenvalue weighted by atomic mass is 9.81. The topological polar surface area (TPSA) is 6.48 Å². The normalized spacial score (nSPS) is 15.2. The first kappa shape index (κ1) is 37.6. The second-order valence-corrected chi connectivity index (χ2v) is 19.4. The highest BCUT2D eigenvalue weighted by molar-refractivity contribution is 6.10. The van der Waals surface area contributed by atoms with Crippen molar-refractivity contribution in [3.63, 3.8) is 0 Å². The van der Waals surface area contributed by atoms with Crippen LogP contribution < -0.4 is 9.80 Å². The first-order valence-corrected chi connectivity index (χ1v) is 22.4. The average molecular weight is 811 g/mol. The van der Waals surface area contributed by atoms with Gasteiger partial charge in [0.25, 0.3) is 0 Å². The predicted octanol–water partition coefficient (Wildman–Crippen LogP) is 16.7. The first-order chi connectivity index (χ1) is 30.5. The maximum absolute atomic E-state index is 2.51. The molecule has 0 N–H and O–H groups in total. The standard InChI is InChI=1S/C61H50N2/c1-59(2)51-27-17-15-23-44(51)46-32-29-41(35-53(46)59)62(39-19-9-7-10-20-39)42-31-34-50-55(36-42)61(5,6)56-38-57(48-25-13-14-26-49(48)58(50)56)63(40-21-11-8-12-22-40)43-30-33-47-45-24-16-18-28-52(45)60(3,4)54(47)37-43/h7-38H,1-6H3. The molecule has 2 heteroatoms. The molecule has 3 aliphatic rings. The number of benzene rings is 9. The number of para-hydroxylation sites is 2. The fraction of sp³-hybridized carbons (Fsp3) is 0.148. The molecule has 0 atom stereocenters. The van der Waals surface area contributed by atoms with E-state index in [2.05, 4.69) is 245 Å². The Labute approximate surface area is 371 Å². The largest absolute Gasteiger partial charge is 0.310 e. The summed E-state index contributed by atoms with van der Waals surface area (Å²) in [5.41, 5.74) is 22.7. The van der Waals surface area contributed by atoms with Gasteiger partial charge in [-0.15, -0.1) is 0 Å². The Morgan fingerprint density at radius 3 is 1.19 bits per heavy atom. The summed E-state index contributed by atoms with van der Waals surface area (Å²) in [6.07, 6.45) is 0. The summed E-state index contributed by atoms with van der Waals surface area (Å²) in [5, 5.41) is 2.52. The molecule has 0 saturated carbocycles. The highest BCUT2D eigenvalue weighted by Gasteiger charge is 2.40. The van der Waals surface area contributed by atoms with Crippen LogP contribution in [-0.4, -0.2) is 0 Å². The van der Waals surface area contributed by atoms with E-state index in [1.165, 1.54) is 94.6 Å². The van der Waals surface area contributed by atoms with Crippen molar-refractivity contribution in [3.05, 3.63) is 228 Å². The molecule has 63 heavy (non-hydrogen) atoms. The zero-order valence-corrected chi connectivity index (χ0v) is 36.9. The highest BCUT2D eigenvalue weighted by Crippen LogP contribution is 2.57. The lowest BCUT2D eigenvalue weighted by Gasteiger charge is -2.31. The number of anilines is 6. The third-order valence-corrected chi connectivity index (χ3v) is 14.8. The number of nitrogens with zero attached hydrogens (tertiary/aromatic N) is 2. The van der Waals surface area contributed by atoms with Gasteiger partial charge in [-0.25, -0.2) is 0 Å². The van der Waals surface area contributed by atoms with Crippen LogP contribution in [0.5, 0.6) is 0 Å². The quantitative estimate of drug-likeness (QED) is 0.165. The third kappa shape index (κ3) is 5.37. The van der Waals surface area contributed by atoms with E-state index in [1.807, 2.05) is 0 Å². The van der Waals surface area contributed by atoms with Crippen molar-refractivity contribution in [2.75, 3.05) is 9.80 Å². The average Bonchev–Trinajstić information content (AvgIpc) is 3.79. The fourth-order valence-electron chi connectivity index (χ4n) is 11.6. The Balaban J connectivity index is 1.02. The molecule has 0 spiro atoms. The Hall–Kier alpha value is -7.16. The smallest absolute Gasteiger partial charge is 0.0543 e. The van der Waals surface area contributed by atoms with Crippen molar-refractivity contribution in [3.8, 4) is 33.4 Å². The number of hydrogen-bond donors (Lipinski definition) is 0. The molecule has 0 bridgehead atoms. The third-order valence-electron chi connectivity index (χ3n) is 14.8. The van der Waals surface area contributed by atoms with Crippen LogP contribution in [0.15, 0.2) is 194 Å². The van der Waals surface area contributed by atoms with Crippen molar-refractivity contribution >= 4 is 44.9 Å². The van der Waals surface area contributed by atoms with Crippen molar-refractivity contribution in [1.29, 1.82) is 0 Å². The second-order valence-electron chi connectivity index (χ2n) is 19.4. The van der Waals surface area contributed by atoms with E-state index in [0.717, 1.165) is 17.1 Å². The van der Waals surface area contributed by atoms with E-state index in [1.54, 1.807) is 0 Å². The van der Waals surface area contributed by atoms with Crippen LogP contribution in [0.2, 0.25) is 0 Å². The number of rotatable bonds is 6. The minimum absolute atomic E-state index is 0.0980. The Morgan fingerprint density at radius 1 is 0.270 bits per heavy atom. The molecular formula is C61H50N2. The van der Waals surface area contributed by atoms with Crippen LogP contribution in [-0.2, 0) is 16.2 Å². The first-order valence-electron chi connectivity index (χ1n) is 22.4. The van der Waals surface area contributed by atoms with Gasteiger partial charge in [0.15, 0.2) is 0 Å². The molecule has 9 aromatic carbocycles. The van der Waals surface area contributed by atoms with E-state index >= 15 is 0 Å². The van der Waals surface area contributed by atoms with E-state index in [9.17, 15) is 0 Å². The minimum Gasteiger partial charge on any atom is -0.310 e. The van der Waals surface area contributed by atoms with Gasteiger partial charge in [-0.2, -0.15) is 0 Å². The summed E-state index contributed by atoms with van der Waals surface area (Å²) in [6.45, 7) is 14.3. The lowest BCUT2D eigenvalue weighted by Crippen LogP contribution is -2.19. The number of hydrogen-bond acceptors (Lipinski definition) is 2. The van der Waals surface area contributed by atoms with Gasteiger partial charge >= 0.3 is 0 Å². The van der Waals surface area contributed by atoms with Crippen molar-refractivity contribution in [1.82, 2.24) is 0 Å². The van der Waals surface area contributed by atoms with E-state index in [0.29, 0.717) is 0 Å². The van der Waals surface area contributed by atoms with Crippen LogP contribution in [0.4, 0.5) is 34.1 Å². The summed E-state index contributed by atoms with van der Waals surface area (Å²) in [6, 6.07) is 72.6. The zero-order chi connectivity index (χ0) is 42.8. The minimum atomic E-state index is -0.284. The summed E-state index contributed by atoms with van der Waals surface area (Å²) < 4.78 is 0. The van der Waals surface area contributed by atoms with Crippen LogP contribution in [0.1, 0.15) is 74.9 Å². The maximum Gasteiger partial charge on any atom is 0.0543 e. The monoisotopic (exact) mass is 810 g/mol. The predicted molar refractivity (Wildman–Crippen MR) is 266 cm³/mol. The van der Waals surface area contributed by atoms with Crippen molar-refractivity contribution in [2.24, 2.45) is 0 Å². The van der Waals surface area contributed by atoms with Gasteiger partial charge in [0.1, 0.15) is 0 Å². The molecule has 0 heterocycles. The zero-order valence-electron chi connectivity index (χ0n) is 36.9. The van der Waals surface area contributed by atoms with Crippen molar-refractivity contribution < 1.29 is 0 Å². The van der Waals surface area contributed by atoms with Gasteiger partial charge in [-0.05, 0) is 139 Å². The van der Waals surface area contributed by atoms with Crippen LogP contribution in [0, 0.1) is 0 Å². The molecule has 9 aromatic rings. The van der Waals surface area contributed by atoms with E-state index in [-0.39, 0.29) is 16.2 Å². The SMILES string of the molecule is CC1(C)c2ccccc2-c2ccc(N(c3ccccc3)c3ccc4c(c3)C(C)(C)c3cc(N(c5ccccc5)c5ccc6c(c5)C(C)(C)c5ccccc5-6)c5ccccc5c3-4)cc21. The molecule has 0 unspecified atom stereocenters. The molecule has 0 aliphatic heterocycles. The van der Waals surface area contributed by atoms with Gasteiger partial charge in [0.05, 0.1) is 5.69 Å². The molecular weight excluding hydrogens is 761 g/mol. The molecule has 0 saturated heterocycles. The fourth-order valence-corrected chi connectivity index (χ4v) is 11.6. The van der Waals surface area contributed by atoms with Gasteiger partial charge in [0, 0.05) is 50.1 Å². The highest BCUT2D eigenvalue weighted by atomic mass is 15.1. The van der Waals surface area contributed by atoms with Gasteiger partial charge in [-0.3, -0.25) is 0 Å². The van der Waals surface area contributed by atoms with E-state index < -0.39 is 0 Å². The summed E-state index contributed by atoms with van der Waals surface area (Å²) in [4.78, 5) is 4.95. The molecule has 0 radical (unpaired) electrons. The number of fused-ring (bicyclic) bond motifs is 11. The summed E-state index contributed by atoms with van der Waals surface area (Å²) in [5.74, 6) is 0. The van der Waals surface area contributed by atoms with Crippen LogP contribution >= 0.6 is 0 Å². The Morgan fingerprint density at radius 2 is 0.651 bits per heavy atom.